The van der Waals surface area contributed by atoms with Crippen LogP contribution in [0.15, 0.2) is 0 Å². The fourth-order valence-electron chi connectivity index (χ4n) is 3.68. The lowest BCUT2D eigenvalue weighted by atomic mass is 9.81. The highest BCUT2D eigenvalue weighted by atomic mass is 32.1. The van der Waals surface area contributed by atoms with E-state index in [9.17, 15) is 4.79 Å². The van der Waals surface area contributed by atoms with E-state index in [0.717, 1.165) is 31.6 Å². The van der Waals surface area contributed by atoms with Gasteiger partial charge >= 0.3 is 0 Å². The first-order chi connectivity index (χ1) is 9.58. The smallest absolute Gasteiger partial charge is 0.223 e. The summed E-state index contributed by atoms with van der Waals surface area (Å²) >= 11 is 5.20. The predicted octanol–water partition coefficient (Wildman–Crippen LogP) is 3.16. The van der Waals surface area contributed by atoms with Crippen LogP contribution in [0.1, 0.15) is 64.7 Å². The van der Waals surface area contributed by atoms with E-state index in [4.69, 9.17) is 18.0 Å². The first-order valence-electron chi connectivity index (χ1n) is 8.17. The third-order valence-corrected chi connectivity index (χ3v) is 5.37. The highest BCUT2D eigenvalue weighted by Gasteiger charge is 2.30. The summed E-state index contributed by atoms with van der Waals surface area (Å²) in [7, 11) is 0. The molecular formula is C16H28N2OS. The van der Waals surface area contributed by atoms with E-state index < -0.39 is 0 Å². The zero-order valence-corrected chi connectivity index (χ0v) is 13.4. The summed E-state index contributed by atoms with van der Waals surface area (Å²) in [5.74, 6) is 1.57. The molecule has 2 rings (SSSR count). The van der Waals surface area contributed by atoms with Crippen molar-refractivity contribution in [1.82, 2.24) is 5.32 Å². The van der Waals surface area contributed by atoms with Crippen LogP contribution >= 0.6 is 12.2 Å². The molecule has 20 heavy (non-hydrogen) atoms. The van der Waals surface area contributed by atoms with Gasteiger partial charge in [0.1, 0.15) is 0 Å². The minimum absolute atomic E-state index is 0.0860. The van der Waals surface area contributed by atoms with Crippen LogP contribution in [-0.2, 0) is 4.79 Å². The molecule has 0 spiro atoms. The van der Waals surface area contributed by atoms with Crippen molar-refractivity contribution in [3.8, 4) is 0 Å². The molecule has 2 aliphatic carbocycles. The third kappa shape index (κ3) is 4.18. The van der Waals surface area contributed by atoms with Gasteiger partial charge < -0.3 is 11.1 Å². The van der Waals surface area contributed by atoms with E-state index in [1.807, 2.05) is 0 Å². The van der Waals surface area contributed by atoms with Gasteiger partial charge in [0, 0.05) is 5.92 Å². The van der Waals surface area contributed by atoms with Crippen LogP contribution in [0, 0.1) is 17.8 Å². The number of hydrogen-bond donors (Lipinski definition) is 2. The van der Waals surface area contributed by atoms with Gasteiger partial charge in [-0.1, -0.05) is 38.4 Å². The van der Waals surface area contributed by atoms with Gasteiger partial charge in [0.2, 0.25) is 5.91 Å². The number of nitrogens with two attached hydrogens (primary N) is 1. The van der Waals surface area contributed by atoms with Gasteiger partial charge in [-0.05, 0) is 50.4 Å². The molecular weight excluding hydrogens is 268 g/mol. The number of carbonyl (C=O) groups is 1. The van der Waals surface area contributed by atoms with E-state index in [1.54, 1.807) is 0 Å². The Balaban J connectivity index is 1.90. The van der Waals surface area contributed by atoms with Crippen molar-refractivity contribution in [3.63, 3.8) is 0 Å². The van der Waals surface area contributed by atoms with Crippen LogP contribution in [0.2, 0.25) is 0 Å². The van der Waals surface area contributed by atoms with Crippen molar-refractivity contribution in [3.05, 3.63) is 0 Å². The largest absolute Gasteiger partial charge is 0.392 e. The summed E-state index contributed by atoms with van der Waals surface area (Å²) in [5, 5.41) is 3.17. The van der Waals surface area contributed by atoms with Gasteiger partial charge in [-0.2, -0.15) is 0 Å². The van der Waals surface area contributed by atoms with Crippen molar-refractivity contribution in [1.29, 1.82) is 0 Å². The SMILES string of the molecule is CC1CCC(C(=O)NC(C(N)=S)C2CCCCC2)CC1. The summed E-state index contributed by atoms with van der Waals surface area (Å²) in [5.41, 5.74) is 5.88. The van der Waals surface area contributed by atoms with E-state index in [-0.39, 0.29) is 17.9 Å². The minimum Gasteiger partial charge on any atom is -0.392 e. The maximum absolute atomic E-state index is 12.4. The van der Waals surface area contributed by atoms with Crippen LogP contribution in [0.5, 0.6) is 0 Å². The Morgan fingerprint density at radius 3 is 2.25 bits per heavy atom. The summed E-state index contributed by atoms with van der Waals surface area (Å²) in [6.07, 6.45) is 10.4. The second-order valence-electron chi connectivity index (χ2n) is 6.74. The minimum atomic E-state index is -0.0860. The standard InChI is InChI=1S/C16H28N2OS/c1-11-7-9-13(10-8-11)16(19)18-14(15(17)20)12-5-3-2-4-6-12/h11-14H,2-10H2,1H3,(H2,17,20)(H,18,19). The third-order valence-electron chi connectivity index (χ3n) is 5.11. The molecule has 2 fully saturated rings. The Morgan fingerprint density at radius 2 is 1.70 bits per heavy atom. The summed E-state index contributed by atoms with van der Waals surface area (Å²) in [4.78, 5) is 12.9. The summed E-state index contributed by atoms with van der Waals surface area (Å²) in [6.45, 7) is 2.27. The number of nitrogens with one attached hydrogen (secondary N) is 1. The Morgan fingerprint density at radius 1 is 1.10 bits per heavy atom. The molecule has 1 amide bonds. The molecule has 1 atom stereocenters. The Kier molecular flexibility index (Phi) is 5.82. The van der Waals surface area contributed by atoms with Gasteiger partial charge in [-0.25, -0.2) is 0 Å². The van der Waals surface area contributed by atoms with Gasteiger partial charge in [-0.15, -0.1) is 0 Å². The van der Waals surface area contributed by atoms with Gasteiger partial charge in [0.25, 0.3) is 0 Å². The molecule has 0 bridgehead atoms. The Hall–Kier alpha value is -0.640. The van der Waals surface area contributed by atoms with Crippen LogP contribution in [0.25, 0.3) is 0 Å². The molecule has 1 unspecified atom stereocenters. The Labute approximate surface area is 128 Å². The quantitative estimate of drug-likeness (QED) is 0.784. The van der Waals surface area contributed by atoms with Crippen molar-refractivity contribution >= 4 is 23.1 Å². The molecule has 0 saturated heterocycles. The van der Waals surface area contributed by atoms with E-state index in [2.05, 4.69) is 12.2 Å². The topological polar surface area (TPSA) is 55.1 Å². The maximum atomic E-state index is 12.4. The average molecular weight is 296 g/mol. The van der Waals surface area contributed by atoms with Crippen molar-refractivity contribution in [2.45, 2.75) is 70.8 Å². The normalized spacial score (nSPS) is 29.6. The summed E-state index contributed by atoms with van der Waals surface area (Å²) < 4.78 is 0. The second kappa shape index (κ2) is 7.39. The molecule has 3 nitrogen and oxygen atoms in total. The number of thiocarbonyl (C=S) groups is 1. The zero-order valence-electron chi connectivity index (χ0n) is 12.6. The van der Waals surface area contributed by atoms with Crippen LogP contribution < -0.4 is 11.1 Å². The van der Waals surface area contributed by atoms with Gasteiger partial charge in [0.15, 0.2) is 0 Å². The van der Waals surface area contributed by atoms with Crippen molar-refractivity contribution in [2.75, 3.05) is 0 Å². The van der Waals surface area contributed by atoms with E-state index in [1.165, 1.54) is 32.1 Å². The average Bonchev–Trinajstić information content (AvgIpc) is 2.46. The number of carbonyl (C=O) groups excluding carboxylic acids is 1. The molecule has 0 aromatic rings. The van der Waals surface area contributed by atoms with E-state index >= 15 is 0 Å². The molecule has 0 heterocycles. The molecule has 4 heteroatoms. The fraction of sp³-hybridized carbons (Fsp3) is 0.875. The highest BCUT2D eigenvalue weighted by Crippen LogP contribution is 2.30. The van der Waals surface area contributed by atoms with E-state index in [0.29, 0.717) is 10.9 Å². The lowest BCUT2D eigenvalue weighted by Gasteiger charge is -2.32. The molecule has 2 aliphatic rings. The van der Waals surface area contributed by atoms with Crippen LogP contribution in [0.4, 0.5) is 0 Å². The van der Waals surface area contributed by atoms with Gasteiger partial charge in [0.05, 0.1) is 11.0 Å². The lowest BCUT2D eigenvalue weighted by molar-refractivity contribution is -0.126. The molecule has 0 radical (unpaired) electrons. The summed E-state index contributed by atoms with van der Waals surface area (Å²) in [6, 6.07) is -0.0860. The second-order valence-corrected chi connectivity index (χ2v) is 7.21. The first-order valence-corrected chi connectivity index (χ1v) is 8.58. The monoisotopic (exact) mass is 296 g/mol. The van der Waals surface area contributed by atoms with Crippen LogP contribution in [-0.4, -0.2) is 16.9 Å². The molecule has 114 valence electrons. The zero-order chi connectivity index (χ0) is 14.5. The van der Waals surface area contributed by atoms with Crippen LogP contribution in [0.3, 0.4) is 0 Å². The molecule has 3 N–H and O–H groups in total. The molecule has 0 aromatic carbocycles. The molecule has 0 aliphatic heterocycles. The first kappa shape index (κ1) is 15.7. The van der Waals surface area contributed by atoms with Crippen molar-refractivity contribution in [2.24, 2.45) is 23.5 Å². The predicted molar refractivity (Wildman–Crippen MR) is 86.4 cm³/mol. The lowest BCUT2D eigenvalue weighted by Crippen LogP contribution is -2.50. The Bertz CT molecular complexity index is 344. The fourth-order valence-corrected chi connectivity index (χ4v) is 3.93. The highest BCUT2D eigenvalue weighted by molar-refractivity contribution is 7.80. The number of rotatable bonds is 4. The van der Waals surface area contributed by atoms with Gasteiger partial charge in [-0.3, -0.25) is 4.79 Å². The molecule has 2 saturated carbocycles. The number of hydrogen-bond acceptors (Lipinski definition) is 2. The van der Waals surface area contributed by atoms with Crippen molar-refractivity contribution < 1.29 is 4.79 Å². The maximum Gasteiger partial charge on any atom is 0.223 e. The molecule has 0 aromatic heterocycles. The number of amides is 1.